The van der Waals surface area contributed by atoms with E-state index in [1.807, 2.05) is 0 Å². The summed E-state index contributed by atoms with van der Waals surface area (Å²) in [6, 6.07) is 0.408. The van der Waals surface area contributed by atoms with Crippen LogP contribution in [0.15, 0.2) is 0 Å². The van der Waals surface area contributed by atoms with Gasteiger partial charge in [-0.05, 0) is 26.7 Å². The highest BCUT2D eigenvalue weighted by Crippen LogP contribution is 2.27. The molecule has 1 saturated carbocycles. The summed E-state index contributed by atoms with van der Waals surface area (Å²) < 4.78 is 5.72. The Morgan fingerprint density at radius 2 is 1.87 bits per heavy atom. The Bertz CT molecular complexity index is 202. The number of ether oxygens (including phenoxy) is 1. The zero-order valence-electron chi connectivity index (χ0n) is 9.85. The fourth-order valence-corrected chi connectivity index (χ4v) is 2.73. The molecule has 1 aliphatic heterocycles. The Kier molecular flexibility index (Phi) is 3.65. The van der Waals surface area contributed by atoms with Crippen LogP contribution in [0.1, 0.15) is 39.5 Å². The average Bonchev–Trinajstić information content (AvgIpc) is 2.12. The molecule has 1 N–H and O–H groups in total. The Hall–Kier alpha value is -0.120. The van der Waals surface area contributed by atoms with Gasteiger partial charge in [0.1, 0.15) is 0 Å². The van der Waals surface area contributed by atoms with Crippen molar-refractivity contribution < 1.29 is 9.84 Å². The topological polar surface area (TPSA) is 32.7 Å². The molecular weight excluding hydrogens is 190 g/mol. The van der Waals surface area contributed by atoms with Crippen LogP contribution in [0.5, 0.6) is 0 Å². The Labute approximate surface area is 92.4 Å². The third-order valence-corrected chi connectivity index (χ3v) is 3.50. The molecule has 2 unspecified atom stereocenters. The normalized spacial score (nSPS) is 34.4. The minimum Gasteiger partial charge on any atom is -0.391 e. The monoisotopic (exact) mass is 213 g/mol. The summed E-state index contributed by atoms with van der Waals surface area (Å²) in [7, 11) is 0. The molecule has 15 heavy (non-hydrogen) atoms. The van der Waals surface area contributed by atoms with E-state index in [1.165, 1.54) is 12.8 Å². The average molecular weight is 213 g/mol. The molecule has 2 rings (SSSR count). The molecule has 3 nitrogen and oxygen atoms in total. The highest BCUT2D eigenvalue weighted by molar-refractivity contribution is 4.91. The van der Waals surface area contributed by atoms with Crippen LogP contribution in [0.2, 0.25) is 0 Å². The lowest BCUT2D eigenvalue weighted by molar-refractivity contribution is -0.117. The Morgan fingerprint density at radius 1 is 1.20 bits per heavy atom. The van der Waals surface area contributed by atoms with Crippen LogP contribution < -0.4 is 0 Å². The molecule has 0 aromatic rings. The molecule has 1 heterocycles. The molecule has 1 saturated heterocycles. The van der Waals surface area contributed by atoms with Gasteiger partial charge in [0, 0.05) is 19.1 Å². The standard InChI is InChI=1S/C12H23NO2/c1-9(2)15-10-7-13(8-10)11-5-3-4-6-12(11)14/h9-12,14H,3-8H2,1-2H3. The highest BCUT2D eigenvalue weighted by atomic mass is 16.5. The van der Waals surface area contributed by atoms with Crippen LogP contribution in [0, 0.1) is 0 Å². The van der Waals surface area contributed by atoms with Crippen molar-refractivity contribution in [1.29, 1.82) is 0 Å². The van der Waals surface area contributed by atoms with Crippen molar-refractivity contribution in [2.75, 3.05) is 13.1 Å². The van der Waals surface area contributed by atoms with E-state index in [4.69, 9.17) is 4.74 Å². The maximum Gasteiger partial charge on any atom is 0.0832 e. The van der Waals surface area contributed by atoms with Gasteiger partial charge in [-0.1, -0.05) is 12.8 Å². The summed E-state index contributed by atoms with van der Waals surface area (Å²) in [5, 5.41) is 9.89. The zero-order chi connectivity index (χ0) is 10.8. The second kappa shape index (κ2) is 4.81. The van der Waals surface area contributed by atoms with Crippen LogP contribution in [-0.2, 0) is 4.74 Å². The number of aliphatic hydroxyl groups is 1. The van der Waals surface area contributed by atoms with Crippen molar-refractivity contribution >= 4 is 0 Å². The predicted octanol–water partition coefficient (Wildman–Crippen LogP) is 1.40. The van der Waals surface area contributed by atoms with E-state index in [2.05, 4.69) is 18.7 Å². The largest absolute Gasteiger partial charge is 0.391 e. The minimum absolute atomic E-state index is 0.0984. The maximum absolute atomic E-state index is 9.89. The molecule has 0 amide bonds. The lowest BCUT2D eigenvalue weighted by Gasteiger charge is -2.47. The molecule has 0 aromatic carbocycles. The fraction of sp³-hybridized carbons (Fsp3) is 1.00. The van der Waals surface area contributed by atoms with Crippen molar-refractivity contribution in [1.82, 2.24) is 4.90 Å². The first-order valence-electron chi connectivity index (χ1n) is 6.24. The Balaban J connectivity index is 1.73. The lowest BCUT2D eigenvalue weighted by atomic mass is 9.89. The summed E-state index contributed by atoms with van der Waals surface area (Å²) in [4.78, 5) is 2.39. The van der Waals surface area contributed by atoms with E-state index in [-0.39, 0.29) is 6.10 Å². The summed E-state index contributed by atoms with van der Waals surface area (Å²) in [6.45, 7) is 6.19. The molecule has 0 bridgehead atoms. The van der Waals surface area contributed by atoms with Crippen LogP contribution in [0.4, 0.5) is 0 Å². The van der Waals surface area contributed by atoms with Gasteiger partial charge in [0.05, 0.1) is 18.3 Å². The molecule has 88 valence electrons. The lowest BCUT2D eigenvalue weighted by Crippen LogP contribution is -2.60. The van der Waals surface area contributed by atoms with Gasteiger partial charge >= 0.3 is 0 Å². The second-order valence-electron chi connectivity index (χ2n) is 5.18. The molecule has 2 fully saturated rings. The number of rotatable bonds is 3. The molecule has 0 spiro atoms. The summed E-state index contributed by atoms with van der Waals surface area (Å²) in [6.07, 6.45) is 5.24. The highest BCUT2D eigenvalue weighted by Gasteiger charge is 2.37. The summed E-state index contributed by atoms with van der Waals surface area (Å²) in [5.41, 5.74) is 0. The molecule has 2 atom stereocenters. The SMILES string of the molecule is CC(C)OC1CN(C2CCCCC2O)C1. The van der Waals surface area contributed by atoms with E-state index in [0.717, 1.165) is 25.9 Å². The van der Waals surface area contributed by atoms with E-state index >= 15 is 0 Å². The van der Waals surface area contributed by atoms with Gasteiger partial charge < -0.3 is 9.84 Å². The van der Waals surface area contributed by atoms with Crippen molar-refractivity contribution in [2.24, 2.45) is 0 Å². The van der Waals surface area contributed by atoms with E-state index in [0.29, 0.717) is 18.2 Å². The van der Waals surface area contributed by atoms with Crippen LogP contribution in [-0.4, -0.2) is 47.4 Å². The number of nitrogens with zero attached hydrogens (tertiary/aromatic N) is 1. The van der Waals surface area contributed by atoms with Gasteiger partial charge in [-0.15, -0.1) is 0 Å². The van der Waals surface area contributed by atoms with Gasteiger partial charge in [-0.3, -0.25) is 4.90 Å². The third-order valence-electron chi connectivity index (χ3n) is 3.50. The number of hydrogen-bond acceptors (Lipinski definition) is 3. The third kappa shape index (κ3) is 2.71. The number of aliphatic hydroxyl groups excluding tert-OH is 1. The van der Waals surface area contributed by atoms with Crippen molar-refractivity contribution in [2.45, 2.75) is 63.9 Å². The molecule has 0 aromatic heterocycles. The van der Waals surface area contributed by atoms with Crippen molar-refractivity contribution in [3.05, 3.63) is 0 Å². The van der Waals surface area contributed by atoms with E-state index in [9.17, 15) is 5.11 Å². The van der Waals surface area contributed by atoms with Gasteiger partial charge in [0.2, 0.25) is 0 Å². The summed E-state index contributed by atoms with van der Waals surface area (Å²) in [5.74, 6) is 0. The fourth-order valence-electron chi connectivity index (χ4n) is 2.73. The van der Waals surface area contributed by atoms with Gasteiger partial charge in [-0.2, -0.15) is 0 Å². The first-order valence-corrected chi connectivity index (χ1v) is 6.24. The summed E-state index contributed by atoms with van der Waals surface area (Å²) >= 11 is 0. The zero-order valence-corrected chi connectivity index (χ0v) is 9.85. The number of likely N-dealkylation sites (tertiary alicyclic amines) is 1. The van der Waals surface area contributed by atoms with Gasteiger partial charge in [-0.25, -0.2) is 0 Å². The predicted molar refractivity (Wildman–Crippen MR) is 59.8 cm³/mol. The molecule has 2 aliphatic rings. The van der Waals surface area contributed by atoms with E-state index < -0.39 is 0 Å². The molecular formula is C12H23NO2. The van der Waals surface area contributed by atoms with Crippen LogP contribution in [0.3, 0.4) is 0 Å². The van der Waals surface area contributed by atoms with Crippen LogP contribution in [0.25, 0.3) is 0 Å². The smallest absolute Gasteiger partial charge is 0.0832 e. The van der Waals surface area contributed by atoms with Crippen molar-refractivity contribution in [3.8, 4) is 0 Å². The second-order valence-corrected chi connectivity index (χ2v) is 5.18. The molecule has 0 radical (unpaired) electrons. The van der Waals surface area contributed by atoms with Crippen molar-refractivity contribution in [3.63, 3.8) is 0 Å². The molecule has 1 aliphatic carbocycles. The molecule has 3 heteroatoms. The maximum atomic E-state index is 9.89. The first-order chi connectivity index (χ1) is 7.16. The Morgan fingerprint density at radius 3 is 2.47 bits per heavy atom. The number of hydrogen-bond donors (Lipinski definition) is 1. The minimum atomic E-state index is -0.0984. The van der Waals surface area contributed by atoms with Crippen LogP contribution >= 0.6 is 0 Å². The van der Waals surface area contributed by atoms with Gasteiger partial charge in [0.15, 0.2) is 0 Å². The quantitative estimate of drug-likeness (QED) is 0.769. The van der Waals surface area contributed by atoms with Gasteiger partial charge in [0.25, 0.3) is 0 Å². The van der Waals surface area contributed by atoms with E-state index in [1.54, 1.807) is 0 Å². The first kappa shape index (κ1) is 11.4.